The van der Waals surface area contributed by atoms with Crippen molar-refractivity contribution in [3.05, 3.63) is 200 Å². The molecule has 0 saturated carbocycles. The summed E-state index contributed by atoms with van der Waals surface area (Å²) in [5.74, 6) is 0. The van der Waals surface area contributed by atoms with Crippen molar-refractivity contribution >= 4 is 21.8 Å². The van der Waals surface area contributed by atoms with Crippen molar-refractivity contribution in [3.8, 4) is 67.4 Å². The highest BCUT2D eigenvalue weighted by atomic mass is 15.0. The Kier molecular flexibility index (Phi) is 7.58. The summed E-state index contributed by atoms with van der Waals surface area (Å²) in [4.78, 5) is 0. The summed E-state index contributed by atoms with van der Waals surface area (Å²) in [5.41, 5.74) is 15.8. The quantitative estimate of drug-likeness (QED) is 0.176. The molecular formula is C49H32N2. The molecule has 51 heavy (non-hydrogen) atoms. The highest BCUT2D eigenvalue weighted by Gasteiger charge is 2.17. The van der Waals surface area contributed by atoms with E-state index < -0.39 is 0 Å². The van der Waals surface area contributed by atoms with Gasteiger partial charge in [-0.3, -0.25) is 0 Å². The van der Waals surface area contributed by atoms with Gasteiger partial charge < -0.3 is 4.57 Å². The van der Waals surface area contributed by atoms with E-state index in [1.165, 1.54) is 38.5 Å². The van der Waals surface area contributed by atoms with Gasteiger partial charge in [0.05, 0.1) is 22.7 Å². The van der Waals surface area contributed by atoms with Crippen LogP contribution < -0.4 is 0 Å². The van der Waals surface area contributed by atoms with Crippen LogP contribution in [0.1, 0.15) is 5.56 Å². The van der Waals surface area contributed by atoms with Gasteiger partial charge in [-0.15, -0.1) is 0 Å². The zero-order valence-corrected chi connectivity index (χ0v) is 27.9. The van der Waals surface area contributed by atoms with Gasteiger partial charge in [0.1, 0.15) is 0 Å². The third-order valence-electron chi connectivity index (χ3n) is 9.87. The normalized spacial score (nSPS) is 11.1. The minimum atomic E-state index is 0.654. The van der Waals surface area contributed by atoms with Crippen molar-refractivity contribution < 1.29 is 0 Å². The van der Waals surface area contributed by atoms with Gasteiger partial charge in [0, 0.05) is 16.5 Å². The molecule has 0 saturated heterocycles. The molecule has 0 aliphatic rings. The molecule has 0 bridgehead atoms. The maximum absolute atomic E-state index is 9.46. The van der Waals surface area contributed by atoms with Crippen LogP contribution in [0.5, 0.6) is 0 Å². The fraction of sp³-hybridized carbons (Fsp3) is 0. The zero-order valence-electron chi connectivity index (χ0n) is 27.9. The van der Waals surface area contributed by atoms with Crippen LogP contribution >= 0.6 is 0 Å². The van der Waals surface area contributed by atoms with Gasteiger partial charge in [-0.1, -0.05) is 140 Å². The Morgan fingerprint density at radius 1 is 0.333 bits per heavy atom. The molecule has 2 nitrogen and oxygen atoms in total. The summed E-state index contributed by atoms with van der Waals surface area (Å²) < 4.78 is 2.36. The molecule has 0 aliphatic carbocycles. The van der Waals surface area contributed by atoms with Crippen LogP contribution in [0.4, 0.5) is 0 Å². The third-order valence-corrected chi connectivity index (χ3v) is 9.87. The van der Waals surface area contributed by atoms with Crippen molar-refractivity contribution in [2.45, 2.75) is 0 Å². The molecular weight excluding hydrogens is 617 g/mol. The maximum atomic E-state index is 9.46. The standard InChI is InChI=1S/C49H32N2/c50-33-34-20-22-38(23-21-34)45-31-44(37-14-6-2-7-15-37)46(32-43(45)36-12-4-1-5-13-36)39-26-24-35(25-27-39)40-28-29-49-47(30-40)42-18-10-11-19-48(42)51(49)41-16-8-3-9-17-41/h1-32H. The number of para-hydroxylation sites is 2. The molecule has 0 atom stereocenters. The number of aromatic nitrogens is 1. The van der Waals surface area contributed by atoms with Gasteiger partial charge in [0.15, 0.2) is 0 Å². The summed E-state index contributed by atoms with van der Waals surface area (Å²) in [6.07, 6.45) is 0. The van der Waals surface area contributed by atoms with E-state index in [-0.39, 0.29) is 0 Å². The van der Waals surface area contributed by atoms with Crippen molar-refractivity contribution in [2.75, 3.05) is 0 Å². The molecule has 0 radical (unpaired) electrons. The van der Waals surface area contributed by atoms with Gasteiger partial charge in [0.2, 0.25) is 0 Å². The first-order chi connectivity index (χ1) is 25.2. The molecule has 0 aliphatic heterocycles. The lowest BCUT2D eigenvalue weighted by molar-refractivity contribution is 1.18. The Morgan fingerprint density at radius 2 is 0.765 bits per heavy atom. The van der Waals surface area contributed by atoms with Gasteiger partial charge >= 0.3 is 0 Å². The van der Waals surface area contributed by atoms with Crippen molar-refractivity contribution in [3.63, 3.8) is 0 Å². The highest BCUT2D eigenvalue weighted by molar-refractivity contribution is 6.10. The Morgan fingerprint density at radius 3 is 1.33 bits per heavy atom. The Balaban J connectivity index is 1.18. The number of hydrogen-bond acceptors (Lipinski definition) is 1. The lowest BCUT2D eigenvalue weighted by Crippen LogP contribution is -1.93. The first-order valence-corrected chi connectivity index (χ1v) is 17.2. The van der Waals surface area contributed by atoms with Crippen molar-refractivity contribution in [1.82, 2.24) is 4.57 Å². The molecule has 8 aromatic carbocycles. The van der Waals surface area contributed by atoms with Crippen LogP contribution in [0.15, 0.2) is 194 Å². The van der Waals surface area contributed by atoms with E-state index in [2.05, 4.69) is 193 Å². The Labute approximate surface area is 297 Å². The van der Waals surface area contributed by atoms with E-state index in [1.54, 1.807) is 0 Å². The lowest BCUT2D eigenvalue weighted by Gasteiger charge is -2.18. The summed E-state index contributed by atoms with van der Waals surface area (Å²) >= 11 is 0. The van der Waals surface area contributed by atoms with Crippen LogP contribution in [-0.2, 0) is 0 Å². The van der Waals surface area contributed by atoms with E-state index in [1.807, 2.05) is 12.1 Å². The predicted octanol–water partition coefficient (Wildman–Crippen LogP) is 13.0. The largest absolute Gasteiger partial charge is 0.309 e. The first kappa shape index (κ1) is 30.1. The van der Waals surface area contributed by atoms with E-state index in [0.29, 0.717) is 5.56 Å². The molecule has 238 valence electrons. The first-order valence-electron chi connectivity index (χ1n) is 17.2. The Bertz CT molecular complexity index is 2700. The van der Waals surface area contributed by atoms with Crippen LogP contribution in [0.2, 0.25) is 0 Å². The minimum absolute atomic E-state index is 0.654. The molecule has 9 rings (SSSR count). The van der Waals surface area contributed by atoms with Gasteiger partial charge in [-0.2, -0.15) is 5.26 Å². The molecule has 0 spiro atoms. The second-order valence-corrected chi connectivity index (χ2v) is 12.9. The summed E-state index contributed by atoms with van der Waals surface area (Å²) in [7, 11) is 0. The van der Waals surface area contributed by atoms with Crippen LogP contribution in [0.3, 0.4) is 0 Å². The fourth-order valence-corrected chi connectivity index (χ4v) is 7.36. The molecule has 0 unspecified atom stereocenters. The maximum Gasteiger partial charge on any atom is 0.0991 e. The van der Waals surface area contributed by atoms with Crippen LogP contribution in [0, 0.1) is 11.3 Å². The third kappa shape index (κ3) is 5.48. The van der Waals surface area contributed by atoms with Gasteiger partial charge in [-0.25, -0.2) is 0 Å². The number of nitriles is 1. The average molecular weight is 649 g/mol. The average Bonchev–Trinajstić information content (AvgIpc) is 3.55. The van der Waals surface area contributed by atoms with E-state index in [9.17, 15) is 5.26 Å². The monoisotopic (exact) mass is 648 g/mol. The molecule has 9 aromatic rings. The van der Waals surface area contributed by atoms with E-state index >= 15 is 0 Å². The molecule has 0 fully saturated rings. The predicted molar refractivity (Wildman–Crippen MR) is 213 cm³/mol. The molecule has 1 heterocycles. The molecule has 1 aromatic heterocycles. The number of benzene rings is 8. The fourth-order valence-electron chi connectivity index (χ4n) is 7.36. The second-order valence-electron chi connectivity index (χ2n) is 12.9. The summed E-state index contributed by atoms with van der Waals surface area (Å²) in [5, 5.41) is 12.0. The highest BCUT2D eigenvalue weighted by Crippen LogP contribution is 2.43. The van der Waals surface area contributed by atoms with Crippen molar-refractivity contribution in [1.29, 1.82) is 5.26 Å². The summed E-state index contributed by atoms with van der Waals surface area (Å²) in [6, 6.07) is 71.1. The molecule has 0 N–H and O–H groups in total. The number of nitrogens with zero attached hydrogens (tertiary/aromatic N) is 2. The van der Waals surface area contributed by atoms with Crippen LogP contribution in [-0.4, -0.2) is 4.57 Å². The van der Waals surface area contributed by atoms with Gasteiger partial charge in [-0.05, 0) is 110 Å². The van der Waals surface area contributed by atoms with E-state index in [4.69, 9.17) is 0 Å². The summed E-state index contributed by atoms with van der Waals surface area (Å²) in [6.45, 7) is 0. The van der Waals surface area contributed by atoms with Crippen LogP contribution in [0.25, 0.3) is 83.1 Å². The lowest BCUT2D eigenvalue weighted by atomic mass is 9.85. The zero-order chi connectivity index (χ0) is 34.1. The Hall–Kier alpha value is -6.95. The number of fused-ring (bicyclic) bond motifs is 3. The van der Waals surface area contributed by atoms with Gasteiger partial charge in [0.25, 0.3) is 0 Å². The molecule has 2 heteroatoms. The number of rotatable bonds is 6. The molecule has 0 amide bonds. The van der Waals surface area contributed by atoms with Crippen molar-refractivity contribution in [2.24, 2.45) is 0 Å². The second kappa shape index (κ2) is 12.8. The SMILES string of the molecule is N#Cc1ccc(-c2cc(-c3ccccc3)c(-c3ccc(-c4ccc5c(c4)c4ccccc4n5-c4ccccc4)cc3)cc2-c2ccccc2)cc1. The smallest absolute Gasteiger partial charge is 0.0991 e. The van der Waals surface area contributed by atoms with E-state index in [0.717, 1.165) is 44.6 Å². The topological polar surface area (TPSA) is 28.7 Å². The number of hydrogen-bond donors (Lipinski definition) is 0. The minimum Gasteiger partial charge on any atom is -0.309 e.